The number of carbonyl (C=O) groups is 1. The van der Waals surface area contributed by atoms with E-state index >= 15 is 0 Å². The molecule has 5 nitrogen and oxygen atoms in total. The van der Waals surface area contributed by atoms with Gasteiger partial charge in [-0.3, -0.25) is 9.69 Å². The normalized spacial score (nSPS) is 12.5. The molecule has 6 heteroatoms. The molecule has 1 unspecified atom stereocenters. The lowest BCUT2D eigenvalue weighted by molar-refractivity contribution is -0.116. The zero-order chi connectivity index (χ0) is 19.8. The van der Waals surface area contributed by atoms with Crippen LogP contribution in [0.5, 0.6) is 0 Å². The Morgan fingerprint density at radius 2 is 2.04 bits per heavy atom. The highest BCUT2D eigenvalue weighted by atomic mass is 32.1. The van der Waals surface area contributed by atoms with Gasteiger partial charge in [-0.2, -0.15) is 16.4 Å². The molecule has 0 spiro atoms. The van der Waals surface area contributed by atoms with E-state index in [4.69, 9.17) is 0 Å². The van der Waals surface area contributed by atoms with Crippen molar-refractivity contribution in [3.05, 3.63) is 76.8 Å². The molecule has 1 N–H and O–H groups in total. The van der Waals surface area contributed by atoms with Crippen LogP contribution in [0.1, 0.15) is 31.0 Å². The molecule has 2 heterocycles. The fourth-order valence-corrected chi connectivity index (χ4v) is 3.87. The standard InChI is InChI=1S/C22H26N4OS/c1-3-25(4-2)21(19-12-13-28-17-19)15-23-22(27)11-10-18-14-24-26(16-18)20-8-6-5-7-9-20/h5-14,16-17,21H,3-4,15H2,1-2H3,(H,23,27)/b11-10+. The minimum absolute atomic E-state index is 0.0974. The van der Waals surface area contributed by atoms with E-state index in [-0.39, 0.29) is 11.9 Å². The molecule has 0 fully saturated rings. The van der Waals surface area contributed by atoms with Gasteiger partial charge >= 0.3 is 0 Å². The van der Waals surface area contributed by atoms with Gasteiger partial charge in [-0.15, -0.1) is 0 Å². The highest BCUT2D eigenvalue weighted by Crippen LogP contribution is 2.22. The lowest BCUT2D eigenvalue weighted by Gasteiger charge is -2.29. The van der Waals surface area contributed by atoms with Gasteiger partial charge in [0.25, 0.3) is 0 Å². The summed E-state index contributed by atoms with van der Waals surface area (Å²) in [5.74, 6) is -0.0974. The third kappa shape index (κ3) is 5.18. The number of carbonyl (C=O) groups excluding carboxylic acids is 1. The van der Waals surface area contributed by atoms with Gasteiger partial charge in [-0.25, -0.2) is 4.68 Å². The number of nitrogens with zero attached hydrogens (tertiary/aromatic N) is 3. The molecule has 1 amide bonds. The van der Waals surface area contributed by atoms with E-state index in [9.17, 15) is 4.79 Å². The molecule has 146 valence electrons. The first kappa shape index (κ1) is 20.0. The lowest BCUT2D eigenvalue weighted by Crippen LogP contribution is -2.37. The Morgan fingerprint density at radius 3 is 2.71 bits per heavy atom. The van der Waals surface area contributed by atoms with Crippen LogP contribution in [-0.2, 0) is 4.79 Å². The summed E-state index contributed by atoms with van der Waals surface area (Å²) in [6.07, 6.45) is 7.02. The molecule has 2 aromatic heterocycles. The molecule has 0 aliphatic carbocycles. The van der Waals surface area contributed by atoms with Crippen LogP contribution in [0.25, 0.3) is 11.8 Å². The van der Waals surface area contributed by atoms with E-state index in [0.29, 0.717) is 6.54 Å². The molecule has 0 aliphatic rings. The van der Waals surface area contributed by atoms with Crippen LogP contribution < -0.4 is 5.32 Å². The molecule has 0 saturated carbocycles. The second-order valence-corrected chi connectivity index (χ2v) is 7.21. The molecule has 1 aromatic carbocycles. The second kappa shape index (κ2) is 10.0. The number of amides is 1. The van der Waals surface area contributed by atoms with Crippen molar-refractivity contribution in [1.29, 1.82) is 0 Å². The van der Waals surface area contributed by atoms with Crippen LogP contribution in [0.3, 0.4) is 0 Å². The van der Waals surface area contributed by atoms with Gasteiger partial charge in [-0.1, -0.05) is 32.0 Å². The van der Waals surface area contributed by atoms with E-state index < -0.39 is 0 Å². The number of nitrogens with one attached hydrogen (secondary N) is 1. The monoisotopic (exact) mass is 394 g/mol. The number of likely N-dealkylation sites (N-methyl/N-ethyl adjacent to an activating group) is 1. The van der Waals surface area contributed by atoms with Gasteiger partial charge in [0.2, 0.25) is 5.91 Å². The first-order valence-corrected chi connectivity index (χ1v) is 10.5. The Morgan fingerprint density at radius 1 is 1.25 bits per heavy atom. The van der Waals surface area contributed by atoms with Crippen LogP contribution in [0.2, 0.25) is 0 Å². The van der Waals surface area contributed by atoms with Crippen LogP contribution in [0.4, 0.5) is 0 Å². The maximum atomic E-state index is 12.3. The summed E-state index contributed by atoms with van der Waals surface area (Å²) >= 11 is 1.69. The first-order chi connectivity index (χ1) is 13.7. The van der Waals surface area contributed by atoms with E-state index in [1.54, 1.807) is 34.4 Å². The average Bonchev–Trinajstić information content (AvgIpc) is 3.42. The van der Waals surface area contributed by atoms with Gasteiger partial charge in [0.15, 0.2) is 0 Å². The second-order valence-electron chi connectivity index (χ2n) is 6.43. The lowest BCUT2D eigenvalue weighted by atomic mass is 10.1. The van der Waals surface area contributed by atoms with Crippen LogP contribution >= 0.6 is 11.3 Å². The smallest absolute Gasteiger partial charge is 0.244 e. The zero-order valence-corrected chi connectivity index (χ0v) is 17.1. The van der Waals surface area contributed by atoms with Crippen molar-refractivity contribution in [1.82, 2.24) is 20.0 Å². The number of para-hydroxylation sites is 1. The number of aromatic nitrogens is 2. The predicted molar refractivity (Wildman–Crippen MR) is 116 cm³/mol. The van der Waals surface area contributed by atoms with Gasteiger partial charge in [-0.05, 0) is 53.7 Å². The summed E-state index contributed by atoms with van der Waals surface area (Å²) < 4.78 is 1.80. The Hall–Kier alpha value is -2.70. The third-order valence-corrected chi connectivity index (χ3v) is 5.40. The van der Waals surface area contributed by atoms with E-state index in [1.807, 2.05) is 36.5 Å². The SMILES string of the molecule is CCN(CC)C(CNC(=O)/C=C/c1cnn(-c2ccccc2)c1)c1ccsc1. The quantitative estimate of drug-likeness (QED) is 0.555. The Balaban J connectivity index is 1.59. The number of thiophene rings is 1. The molecule has 3 aromatic rings. The van der Waals surface area contributed by atoms with Crippen LogP contribution in [0.15, 0.2) is 65.6 Å². The third-order valence-electron chi connectivity index (χ3n) is 4.70. The van der Waals surface area contributed by atoms with Crippen molar-refractivity contribution >= 4 is 23.3 Å². The number of hydrogen-bond donors (Lipinski definition) is 1. The Kier molecular flexibility index (Phi) is 7.17. The fourth-order valence-electron chi connectivity index (χ4n) is 3.16. The summed E-state index contributed by atoms with van der Waals surface area (Å²) in [5, 5.41) is 11.6. The van der Waals surface area contributed by atoms with Gasteiger partial charge in [0.05, 0.1) is 17.9 Å². The minimum atomic E-state index is -0.0974. The van der Waals surface area contributed by atoms with Crippen LogP contribution in [-0.4, -0.2) is 40.2 Å². The van der Waals surface area contributed by atoms with Crippen molar-refractivity contribution < 1.29 is 4.79 Å². The van der Waals surface area contributed by atoms with E-state index in [1.165, 1.54) is 5.56 Å². The molecule has 0 bridgehead atoms. The molecule has 3 rings (SSSR count). The van der Waals surface area contributed by atoms with Gasteiger partial charge in [0, 0.05) is 24.4 Å². The maximum absolute atomic E-state index is 12.3. The fraction of sp³-hybridized carbons (Fsp3) is 0.273. The van der Waals surface area contributed by atoms with E-state index in [2.05, 4.69) is 46.0 Å². The van der Waals surface area contributed by atoms with Gasteiger partial charge < -0.3 is 5.32 Å². The number of rotatable bonds is 9. The molecule has 0 radical (unpaired) electrons. The minimum Gasteiger partial charge on any atom is -0.351 e. The molecule has 1 atom stereocenters. The van der Waals surface area contributed by atoms with Crippen molar-refractivity contribution in [3.63, 3.8) is 0 Å². The Labute approximate surface area is 170 Å². The summed E-state index contributed by atoms with van der Waals surface area (Å²) in [5.41, 5.74) is 3.13. The number of hydrogen-bond acceptors (Lipinski definition) is 4. The summed E-state index contributed by atoms with van der Waals surface area (Å²) in [7, 11) is 0. The largest absolute Gasteiger partial charge is 0.351 e. The number of benzene rings is 1. The molecule has 0 aliphatic heterocycles. The van der Waals surface area contributed by atoms with Crippen molar-refractivity contribution in [2.24, 2.45) is 0 Å². The molecule has 28 heavy (non-hydrogen) atoms. The average molecular weight is 395 g/mol. The Bertz CT molecular complexity index is 882. The predicted octanol–water partition coefficient (Wildman–Crippen LogP) is 4.15. The molecule has 0 saturated heterocycles. The maximum Gasteiger partial charge on any atom is 0.244 e. The highest BCUT2D eigenvalue weighted by Gasteiger charge is 2.18. The van der Waals surface area contributed by atoms with Crippen molar-refractivity contribution in [3.8, 4) is 5.69 Å². The summed E-state index contributed by atoms with van der Waals surface area (Å²) in [4.78, 5) is 14.7. The highest BCUT2D eigenvalue weighted by molar-refractivity contribution is 7.07. The van der Waals surface area contributed by atoms with Gasteiger partial charge in [0.1, 0.15) is 0 Å². The first-order valence-electron chi connectivity index (χ1n) is 9.53. The topological polar surface area (TPSA) is 50.2 Å². The van der Waals surface area contributed by atoms with Crippen LogP contribution in [0, 0.1) is 0 Å². The zero-order valence-electron chi connectivity index (χ0n) is 16.3. The summed E-state index contributed by atoms with van der Waals surface area (Å²) in [6, 6.07) is 12.2. The molecular formula is C22H26N4OS. The van der Waals surface area contributed by atoms with E-state index in [0.717, 1.165) is 24.3 Å². The molecular weight excluding hydrogens is 368 g/mol. The summed E-state index contributed by atoms with van der Waals surface area (Å²) in [6.45, 7) is 6.78. The van der Waals surface area contributed by atoms with Crippen molar-refractivity contribution in [2.75, 3.05) is 19.6 Å². The van der Waals surface area contributed by atoms with Crippen molar-refractivity contribution in [2.45, 2.75) is 19.9 Å².